The molecule has 1 rings (SSSR count). The third kappa shape index (κ3) is 3.51. The molecule has 0 radical (unpaired) electrons. The lowest BCUT2D eigenvalue weighted by molar-refractivity contribution is 0.431. The highest BCUT2D eigenvalue weighted by atomic mass is 79.9. The zero-order valence-electron chi connectivity index (χ0n) is 9.42. The van der Waals surface area contributed by atoms with Gasteiger partial charge >= 0.3 is 0 Å². The predicted octanol–water partition coefficient (Wildman–Crippen LogP) is 2.79. The Morgan fingerprint density at radius 1 is 1.50 bits per heavy atom. The summed E-state index contributed by atoms with van der Waals surface area (Å²) in [7, 11) is 0. The molecule has 0 spiro atoms. The van der Waals surface area contributed by atoms with E-state index in [0.29, 0.717) is 17.6 Å². The van der Waals surface area contributed by atoms with Crippen LogP contribution in [0.25, 0.3) is 0 Å². The van der Waals surface area contributed by atoms with E-state index < -0.39 is 0 Å². The molecule has 0 aliphatic rings. The first kappa shape index (κ1) is 13.0. The van der Waals surface area contributed by atoms with E-state index in [2.05, 4.69) is 27.3 Å². The van der Waals surface area contributed by atoms with E-state index in [1.165, 1.54) is 0 Å². The van der Waals surface area contributed by atoms with Crippen molar-refractivity contribution in [3.05, 3.63) is 28.2 Å². The first-order valence-electron chi connectivity index (χ1n) is 5.04. The lowest BCUT2D eigenvalue weighted by Crippen LogP contribution is -2.27. The van der Waals surface area contributed by atoms with Gasteiger partial charge in [0.15, 0.2) is 0 Å². The highest BCUT2D eigenvalue weighted by molar-refractivity contribution is 9.10. The third-order valence-corrected chi connectivity index (χ3v) is 2.90. The van der Waals surface area contributed by atoms with Crippen LogP contribution in [0.4, 0.5) is 0 Å². The summed E-state index contributed by atoms with van der Waals surface area (Å²) in [5, 5.41) is 21.7. The Labute approximate surface area is 104 Å². The number of nitriles is 1. The Bertz CT molecular complexity index is 410. The van der Waals surface area contributed by atoms with E-state index in [1.54, 1.807) is 6.07 Å². The molecular weight excluding hydrogens is 268 g/mol. The Balaban J connectivity index is 2.57. The number of phenols is 1. The summed E-state index contributed by atoms with van der Waals surface area (Å²) in [6.45, 7) is 4.90. The summed E-state index contributed by atoms with van der Waals surface area (Å²) in [5.74, 6) is 0.254. The van der Waals surface area contributed by atoms with Crippen LogP contribution in [0.5, 0.6) is 5.75 Å². The fraction of sp³-hybridized carbons (Fsp3) is 0.417. The Morgan fingerprint density at radius 2 is 2.19 bits per heavy atom. The third-order valence-electron chi connectivity index (χ3n) is 2.26. The van der Waals surface area contributed by atoms with Gasteiger partial charge in [-0.1, -0.05) is 12.1 Å². The van der Waals surface area contributed by atoms with Gasteiger partial charge in [-0.15, -0.1) is 0 Å². The van der Waals surface area contributed by atoms with E-state index in [-0.39, 0.29) is 11.2 Å². The molecule has 0 saturated heterocycles. The Morgan fingerprint density at radius 3 is 2.81 bits per heavy atom. The fourth-order valence-corrected chi connectivity index (χ4v) is 1.66. The van der Waals surface area contributed by atoms with E-state index in [0.717, 1.165) is 5.56 Å². The number of rotatable bonds is 4. The molecule has 4 heteroatoms. The Hall–Kier alpha value is -1.05. The molecule has 1 aromatic rings. The van der Waals surface area contributed by atoms with Crippen molar-refractivity contribution in [2.45, 2.75) is 20.4 Å². The lowest BCUT2D eigenvalue weighted by Gasteiger charge is -2.16. The zero-order chi connectivity index (χ0) is 12.2. The summed E-state index contributed by atoms with van der Waals surface area (Å²) in [5.41, 5.74) is 0.435. The van der Waals surface area contributed by atoms with Gasteiger partial charge < -0.3 is 10.4 Å². The van der Waals surface area contributed by atoms with E-state index in [1.807, 2.05) is 26.0 Å². The molecule has 16 heavy (non-hydrogen) atoms. The maximum Gasteiger partial charge on any atom is 0.134 e. The highest BCUT2D eigenvalue weighted by Gasteiger charge is 2.15. The van der Waals surface area contributed by atoms with Crippen LogP contribution < -0.4 is 5.32 Å². The van der Waals surface area contributed by atoms with Gasteiger partial charge in [0.1, 0.15) is 5.75 Å². The largest absolute Gasteiger partial charge is 0.506 e. The average molecular weight is 283 g/mol. The molecule has 86 valence electrons. The van der Waals surface area contributed by atoms with Gasteiger partial charge in [-0.05, 0) is 35.8 Å². The zero-order valence-corrected chi connectivity index (χ0v) is 11.0. The number of aromatic hydroxyl groups is 1. The van der Waals surface area contributed by atoms with Crippen molar-refractivity contribution in [3.63, 3.8) is 0 Å². The second-order valence-corrected chi connectivity index (χ2v) is 5.20. The molecule has 0 saturated carbocycles. The molecule has 0 aromatic heterocycles. The van der Waals surface area contributed by atoms with Crippen LogP contribution >= 0.6 is 15.9 Å². The van der Waals surface area contributed by atoms with Crippen molar-refractivity contribution in [1.82, 2.24) is 5.32 Å². The fourth-order valence-electron chi connectivity index (χ4n) is 1.25. The van der Waals surface area contributed by atoms with Gasteiger partial charge in [-0.3, -0.25) is 0 Å². The maximum absolute atomic E-state index is 9.73. The molecule has 0 aliphatic heterocycles. The maximum atomic E-state index is 9.73. The number of nitrogens with zero attached hydrogens (tertiary/aromatic N) is 1. The van der Waals surface area contributed by atoms with Gasteiger partial charge in [0.2, 0.25) is 0 Å². The number of para-hydroxylation sites is 1. The van der Waals surface area contributed by atoms with Crippen LogP contribution in [0.1, 0.15) is 19.4 Å². The first-order chi connectivity index (χ1) is 7.46. The summed E-state index contributed by atoms with van der Waals surface area (Å²) >= 11 is 3.26. The van der Waals surface area contributed by atoms with Crippen molar-refractivity contribution in [1.29, 1.82) is 5.26 Å². The molecule has 2 N–H and O–H groups in total. The quantitative estimate of drug-likeness (QED) is 0.893. The predicted molar refractivity (Wildman–Crippen MR) is 66.9 cm³/mol. The number of halogens is 1. The summed E-state index contributed by atoms with van der Waals surface area (Å²) in [4.78, 5) is 0. The molecule has 0 heterocycles. The monoisotopic (exact) mass is 282 g/mol. The standard InChI is InChI=1S/C12H15BrN2O/c1-12(2,7-14)8-15-6-9-4-3-5-10(13)11(9)16/h3-5,15-16H,6,8H2,1-2H3. The number of hydrogen-bond acceptors (Lipinski definition) is 3. The van der Waals surface area contributed by atoms with Crippen LogP contribution in [0, 0.1) is 16.7 Å². The van der Waals surface area contributed by atoms with Crippen molar-refractivity contribution >= 4 is 15.9 Å². The molecule has 0 fully saturated rings. The molecule has 0 aliphatic carbocycles. The number of phenolic OH excluding ortho intramolecular Hbond substituents is 1. The number of hydrogen-bond donors (Lipinski definition) is 2. The van der Waals surface area contributed by atoms with Gasteiger partial charge in [0.05, 0.1) is 16.0 Å². The van der Waals surface area contributed by atoms with Crippen molar-refractivity contribution in [2.75, 3.05) is 6.54 Å². The molecule has 0 unspecified atom stereocenters. The Kier molecular flexibility index (Phi) is 4.34. The summed E-state index contributed by atoms with van der Waals surface area (Å²) < 4.78 is 0.686. The van der Waals surface area contributed by atoms with Gasteiger partial charge in [-0.25, -0.2) is 0 Å². The number of benzene rings is 1. The van der Waals surface area contributed by atoms with Crippen molar-refractivity contribution in [2.24, 2.45) is 5.41 Å². The molecule has 0 amide bonds. The average Bonchev–Trinajstić information content (AvgIpc) is 2.24. The smallest absolute Gasteiger partial charge is 0.134 e. The first-order valence-corrected chi connectivity index (χ1v) is 5.84. The van der Waals surface area contributed by atoms with E-state index in [9.17, 15) is 5.11 Å². The molecule has 0 bridgehead atoms. The normalized spacial score (nSPS) is 11.1. The molecule has 1 aromatic carbocycles. The van der Waals surface area contributed by atoms with E-state index >= 15 is 0 Å². The number of nitrogens with one attached hydrogen (secondary N) is 1. The van der Waals surface area contributed by atoms with Gasteiger partial charge in [-0.2, -0.15) is 5.26 Å². The van der Waals surface area contributed by atoms with E-state index in [4.69, 9.17) is 5.26 Å². The summed E-state index contributed by atoms with van der Waals surface area (Å²) in [6.07, 6.45) is 0. The van der Waals surface area contributed by atoms with Crippen LogP contribution in [-0.2, 0) is 6.54 Å². The minimum absolute atomic E-state index is 0.254. The SMILES string of the molecule is CC(C)(C#N)CNCc1cccc(Br)c1O. The lowest BCUT2D eigenvalue weighted by atomic mass is 9.96. The van der Waals surface area contributed by atoms with Crippen LogP contribution in [0.15, 0.2) is 22.7 Å². The molecular formula is C12H15BrN2O. The van der Waals surface area contributed by atoms with Gasteiger partial charge in [0, 0.05) is 18.7 Å². The minimum Gasteiger partial charge on any atom is -0.506 e. The van der Waals surface area contributed by atoms with Crippen LogP contribution in [-0.4, -0.2) is 11.7 Å². The highest BCUT2D eigenvalue weighted by Crippen LogP contribution is 2.27. The second kappa shape index (κ2) is 5.33. The second-order valence-electron chi connectivity index (χ2n) is 4.35. The summed E-state index contributed by atoms with van der Waals surface area (Å²) in [6, 6.07) is 7.73. The molecule has 0 atom stereocenters. The molecule has 3 nitrogen and oxygen atoms in total. The van der Waals surface area contributed by atoms with Crippen LogP contribution in [0.2, 0.25) is 0 Å². The minimum atomic E-state index is -0.387. The topological polar surface area (TPSA) is 56.0 Å². The van der Waals surface area contributed by atoms with Gasteiger partial charge in [0.25, 0.3) is 0 Å². The van der Waals surface area contributed by atoms with Crippen molar-refractivity contribution < 1.29 is 5.11 Å². The van der Waals surface area contributed by atoms with Crippen LogP contribution in [0.3, 0.4) is 0 Å². The van der Waals surface area contributed by atoms with Crippen molar-refractivity contribution in [3.8, 4) is 11.8 Å².